The lowest BCUT2D eigenvalue weighted by atomic mass is 10.0. The molecule has 1 aromatic heterocycles. The second-order valence-electron chi connectivity index (χ2n) is 8.37. The van der Waals surface area contributed by atoms with Gasteiger partial charge in [-0.2, -0.15) is 13.2 Å². The van der Waals surface area contributed by atoms with Crippen molar-refractivity contribution < 1.29 is 27.5 Å². The van der Waals surface area contributed by atoms with Gasteiger partial charge in [0.05, 0.1) is 23.4 Å². The number of fused-ring (bicyclic) bond motifs is 1. The van der Waals surface area contributed by atoms with Gasteiger partial charge in [0.25, 0.3) is 11.5 Å². The number of nitrogens with one attached hydrogen (secondary N) is 1. The first-order valence-corrected chi connectivity index (χ1v) is 11.2. The first-order valence-electron chi connectivity index (χ1n) is 11.2. The van der Waals surface area contributed by atoms with Gasteiger partial charge in [-0.1, -0.05) is 29.8 Å². The molecule has 0 saturated carbocycles. The number of aromatic nitrogens is 2. The molecule has 1 aliphatic heterocycles. The van der Waals surface area contributed by atoms with E-state index in [1.807, 2.05) is 19.1 Å². The van der Waals surface area contributed by atoms with Crippen molar-refractivity contribution in [3.63, 3.8) is 0 Å². The molecule has 0 bridgehead atoms. The molecule has 190 valence electrons. The van der Waals surface area contributed by atoms with Gasteiger partial charge in [-0.25, -0.2) is 4.98 Å². The minimum Gasteiger partial charge on any atom is -0.484 e. The minimum atomic E-state index is -4.39. The van der Waals surface area contributed by atoms with E-state index in [-0.39, 0.29) is 31.4 Å². The minimum absolute atomic E-state index is 0.0652. The van der Waals surface area contributed by atoms with Crippen LogP contribution in [0.25, 0.3) is 0 Å². The summed E-state index contributed by atoms with van der Waals surface area (Å²) in [7, 11) is 1.30. The Morgan fingerprint density at radius 1 is 1.22 bits per heavy atom. The van der Waals surface area contributed by atoms with Crippen molar-refractivity contribution in [1.82, 2.24) is 14.6 Å². The van der Waals surface area contributed by atoms with E-state index in [9.17, 15) is 22.8 Å². The second-order valence-corrected chi connectivity index (χ2v) is 8.37. The first-order chi connectivity index (χ1) is 17.2. The van der Waals surface area contributed by atoms with Crippen LogP contribution in [0.5, 0.6) is 5.75 Å². The van der Waals surface area contributed by atoms with Gasteiger partial charge in [0.15, 0.2) is 6.61 Å². The Bertz CT molecular complexity index is 1290. The Morgan fingerprint density at radius 2 is 1.97 bits per heavy atom. The number of aryl methyl sites for hydroxylation is 1. The third-order valence-corrected chi connectivity index (χ3v) is 5.86. The second kappa shape index (κ2) is 10.3. The first kappa shape index (κ1) is 25.1. The van der Waals surface area contributed by atoms with Gasteiger partial charge in [0.1, 0.15) is 12.9 Å². The molecule has 2 aromatic rings. The van der Waals surface area contributed by atoms with Crippen molar-refractivity contribution >= 4 is 11.9 Å². The molecule has 1 aliphatic carbocycles. The molecule has 0 fully saturated rings. The van der Waals surface area contributed by atoms with Gasteiger partial charge in [-0.3, -0.25) is 9.59 Å². The molecule has 1 N–H and O–H groups in total. The summed E-state index contributed by atoms with van der Waals surface area (Å²) in [4.78, 5) is 37.0. The highest BCUT2D eigenvalue weighted by molar-refractivity contribution is 5.78. The Morgan fingerprint density at radius 3 is 2.61 bits per heavy atom. The lowest BCUT2D eigenvalue weighted by Crippen LogP contribution is -2.43. The zero-order valence-corrected chi connectivity index (χ0v) is 19.8. The number of anilines is 1. The van der Waals surface area contributed by atoms with Crippen LogP contribution in [0.4, 0.5) is 19.1 Å². The van der Waals surface area contributed by atoms with Crippen molar-refractivity contribution in [2.45, 2.75) is 32.5 Å². The highest BCUT2D eigenvalue weighted by Gasteiger charge is 2.32. The van der Waals surface area contributed by atoms with E-state index in [1.165, 1.54) is 24.3 Å². The number of alkyl halides is 3. The van der Waals surface area contributed by atoms with Gasteiger partial charge in [-0.05, 0) is 37.1 Å². The molecular weight excluding hydrogens is 477 g/mol. The molecule has 4 rings (SSSR count). The van der Waals surface area contributed by atoms with Crippen LogP contribution in [0.15, 0.2) is 64.6 Å². The molecule has 11 heteroatoms. The van der Waals surface area contributed by atoms with E-state index in [0.717, 1.165) is 22.4 Å². The lowest BCUT2D eigenvalue weighted by molar-refractivity contribution is -0.134. The van der Waals surface area contributed by atoms with Gasteiger partial charge < -0.3 is 19.8 Å². The topological polar surface area (TPSA) is 85.7 Å². The fourth-order valence-corrected chi connectivity index (χ4v) is 3.84. The van der Waals surface area contributed by atoms with Crippen LogP contribution >= 0.6 is 0 Å². The largest absolute Gasteiger partial charge is 0.484 e. The Kier molecular flexibility index (Phi) is 7.18. The van der Waals surface area contributed by atoms with Crippen molar-refractivity contribution in [2.75, 3.05) is 25.6 Å². The molecule has 1 amide bonds. The number of benzene rings is 1. The lowest BCUT2D eigenvalue weighted by Gasteiger charge is -2.28. The normalized spacial score (nSPS) is 16.4. The fourth-order valence-electron chi connectivity index (χ4n) is 3.84. The van der Waals surface area contributed by atoms with Gasteiger partial charge in [0, 0.05) is 19.2 Å². The number of rotatable bonds is 6. The molecule has 0 radical (unpaired) electrons. The van der Waals surface area contributed by atoms with Crippen LogP contribution < -0.4 is 20.5 Å². The number of carbonyl (C=O) groups excluding carboxylic acids is 1. The summed E-state index contributed by atoms with van der Waals surface area (Å²) >= 11 is 0. The number of amides is 1. The van der Waals surface area contributed by atoms with E-state index in [0.29, 0.717) is 35.5 Å². The summed E-state index contributed by atoms with van der Waals surface area (Å²) in [6, 6.07) is 7.35. The average Bonchev–Trinajstić information content (AvgIpc) is 2.86. The maximum Gasteiger partial charge on any atom is 0.416 e. The summed E-state index contributed by atoms with van der Waals surface area (Å²) in [5, 5.41) is 2.86. The third-order valence-electron chi connectivity index (χ3n) is 5.86. The van der Waals surface area contributed by atoms with Crippen LogP contribution in [0, 0.1) is 6.92 Å². The zero-order chi connectivity index (χ0) is 25.9. The number of hydrogen-bond acceptors (Lipinski definition) is 6. The van der Waals surface area contributed by atoms with Gasteiger partial charge in [0.2, 0.25) is 5.95 Å². The van der Waals surface area contributed by atoms with Crippen LogP contribution in [0.2, 0.25) is 0 Å². The van der Waals surface area contributed by atoms with Crippen molar-refractivity contribution in [3.05, 3.63) is 87.0 Å². The van der Waals surface area contributed by atoms with Crippen molar-refractivity contribution in [1.29, 1.82) is 0 Å². The molecule has 0 atom stereocenters. The predicted octanol–water partition coefficient (Wildman–Crippen LogP) is 3.32. The van der Waals surface area contributed by atoms with Crippen LogP contribution in [-0.4, -0.2) is 47.0 Å². The maximum absolute atomic E-state index is 13.1. The molecule has 0 saturated heterocycles. The van der Waals surface area contributed by atoms with E-state index in [2.05, 4.69) is 10.3 Å². The molecule has 8 nitrogen and oxygen atoms in total. The number of allylic oxidation sites excluding steroid dienone is 5. The number of halogens is 3. The highest BCUT2D eigenvalue weighted by atomic mass is 19.4. The standard InChI is InChI=1S/C25H25F3N4O4/c1-16-3-9-19(10-4-16)36-15-22(33)31-12-11-21-20(14-31)23(34)32(35-2)24(30-21)29-13-17-5-7-18(8-6-17)25(26,27)28/h3-5,7-10,13H,6,11-12,14-15H2,1-2H3,(H,29,30). The van der Waals surface area contributed by atoms with Gasteiger partial charge in [-0.15, -0.1) is 4.73 Å². The van der Waals surface area contributed by atoms with E-state index in [1.54, 1.807) is 12.1 Å². The molecule has 0 unspecified atom stereocenters. The van der Waals surface area contributed by atoms with Crippen LogP contribution in [0.1, 0.15) is 23.2 Å². The maximum atomic E-state index is 13.1. The predicted molar refractivity (Wildman–Crippen MR) is 126 cm³/mol. The average molecular weight is 502 g/mol. The third kappa shape index (κ3) is 5.61. The molecule has 1 aromatic carbocycles. The Balaban J connectivity index is 1.45. The monoisotopic (exact) mass is 502 g/mol. The molecule has 36 heavy (non-hydrogen) atoms. The quantitative estimate of drug-likeness (QED) is 0.653. The van der Waals surface area contributed by atoms with E-state index >= 15 is 0 Å². The summed E-state index contributed by atoms with van der Waals surface area (Å²) < 4.78 is 44.9. The summed E-state index contributed by atoms with van der Waals surface area (Å²) in [6.45, 7) is 2.22. The summed E-state index contributed by atoms with van der Waals surface area (Å²) in [5.74, 6) is 0.416. The zero-order valence-electron chi connectivity index (χ0n) is 19.8. The summed E-state index contributed by atoms with van der Waals surface area (Å²) in [6.07, 6.45) is 0.946. The number of carbonyl (C=O) groups is 1. The van der Waals surface area contributed by atoms with Crippen molar-refractivity contribution in [3.8, 4) is 5.75 Å². The summed E-state index contributed by atoms with van der Waals surface area (Å²) in [5.41, 5.74) is 1.33. The fraction of sp³-hybridized carbons (Fsp3) is 0.320. The Hall–Kier alpha value is -4.02. The van der Waals surface area contributed by atoms with E-state index < -0.39 is 17.3 Å². The number of nitrogens with zero attached hydrogens (tertiary/aromatic N) is 3. The SMILES string of the molecule is COn1c(NC=C2C=CC(C(F)(F)F)=CC2)nc2c(c1=O)CN(C(=O)COc1ccc(C)cc1)CC2. The van der Waals surface area contributed by atoms with Gasteiger partial charge >= 0.3 is 6.18 Å². The molecular formula is C25H25F3N4O4. The number of hydrogen-bond donors (Lipinski definition) is 1. The highest BCUT2D eigenvalue weighted by Crippen LogP contribution is 2.30. The number of ether oxygens (including phenoxy) is 1. The van der Waals surface area contributed by atoms with Crippen LogP contribution in [-0.2, 0) is 17.8 Å². The van der Waals surface area contributed by atoms with Crippen LogP contribution in [0.3, 0.4) is 0 Å². The smallest absolute Gasteiger partial charge is 0.416 e. The molecule has 2 aliphatic rings. The molecule has 2 heterocycles. The Labute approximate surface area is 205 Å². The van der Waals surface area contributed by atoms with Crippen molar-refractivity contribution in [2.24, 2.45) is 0 Å². The molecule has 0 spiro atoms. The van der Waals surface area contributed by atoms with E-state index in [4.69, 9.17) is 9.57 Å².